The lowest BCUT2D eigenvalue weighted by molar-refractivity contribution is -0.120. The van der Waals surface area contributed by atoms with E-state index in [2.05, 4.69) is 10.6 Å². The predicted molar refractivity (Wildman–Crippen MR) is 82.2 cm³/mol. The maximum atomic E-state index is 13.1. The standard InChI is InChI=1S/C15H22ClFN2O2/c1-15(2,12-5-4-11(17)8-13(12)16)10-19-14(20)9-18-6-7-21-3/h4-5,8,18H,6-7,9-10H2,1-3H3,(H,19,20). The van der Waals surface area contributed by atoms with Crippen molar-refractivity contribution in [2.75, 3.05) is 33.4 Å². The van der Waals surface area contributed by atoms with Crippen LogP contribution in [0.4, 0.5) is 4.39 Å². The molecule has 0 aliphatic heterocycles. The number of methoxy groups -OCH3 is 1. The Morgan fingerprint density at radius 2 is 2.14 bits per heavy atom. The Hall–Kier alpha value is -1.17. The van der Waals surface area contributed by atoms with Crippen LogP contribution in [0.2, 0.25) is 5.02 Å². The van der Waals surface area contributed by atoms with E-state index in [0.717, 1.165) is 5.56 Å². The molecule has 4 nitrogen and oxygen atoms in total. The number of hydrogen-bond acceptors (Lipinski definition) is 3. The number of carbonyl (C=O) groups excluding carboxylic acids is 1. The fourth-order valence-corrected chi connectivity index (χ4v) is 2.31. The minimum absolute atomic E-state index is 0.0996. The van der Waals surface area contributed by atoms with Crippen molar-refractivity contribution in [2.45, 2.75) is 19.3 Å². The van der Waals surface area contributed by atoms with Gasteiger partial charge < -0.3 is 15.4 Å². The van der Waals surface area contributed by atoms with Crippen LogP contribution in [-0.2, 0) is 14.9 Å². The average molecular weight is 317 g/mol. The summed E-state index contributed by atoms with van der Waals surface area (Å²) in [6.07, 6.45) is 0. The Morgan fingerprint density at radius 3 is 2.76 bits per heavy atom. The first-order valence-corrected chi connectivity index (χ1v) is 7.16. The summed E-state index contributed by atoms with van der Waals surface area (Å²) in [5.41, 5.74) is 0.422. The summed E-state index contributed by atoms with van der Waals surface area (Å²) in [7, 11) is 1.61. The van der Waals surface area contributed by atoms with E-state index >= 15 is 0 Å². The normalized spacial score (nSPS) is 11.5. The minimum atomic E-state index is -0.382. The summed E-state index contributed by atoms with van der Waals surface area (Å²) in [6.45, 7) is 5.73. The van der Waals surface area contributed by atoms with Crippen LogP contribution in [0.3, 0.4) is 0 Å². The molecule has 0 aromatic heterocycles. The van der Waals surface area contributed by atoms with Crippen LogP contribution in [0.25, 0.3) is 0 Å². The molecule has 2 N–H and O–H groups in total. The number of carbonyl (C=O) groups is 1. The van der Waals surface area contributed by atoms with Crippen molar-refractivity contribution < 1.29 is 13.9 Å². The van der Waals surface area contributed by atoms with Gasteiger partial charge in [-0.2, -0.15) is 0 Å². The second-order valence-corrected chi connectivity index (χ2v) is 5.86. The molecule has 1 aromatic carbocycles. The third-order valence-electron chi connectivity index (χ3n) is 3.16. The van der Waals surface area contributed by atoms with Crippen molar-refractivity contribution >= 4 is 17.5 Å². The van der Waals surface area contributed by atoms with Crippen molar-refractivity contribution in [2.24, 2.45) is 0 Å². The van der Waals surface area contributed by atoms with Gasteiger partial charge in [-0.1, -0.05) is 31.5 Å². The van der Waals surface area contributed by atoms with Gasteiger partial charge >= 0.3 is 0 Å². The highest BCUT2D eigenvalue weighted by Crippen LogP contribution is 2.29. The summed E-state index contributed by atoms with van der Waals surface area (Å²) in [6, 6.07) is 4.31. The molecule has 6 heteroatoms. The zero-order valence-electron chi connectivity index (χ0n) is 12.6. The third-order valence-corrected chi connectivity index (χ3v) is 3.47. The van der Waals surface area contributed by atoms with Gasteiger partial charge in [-0.3, -0.25) is 4.79 Å². The molecular formula is C15H22ClFN2O2. The van der Waals surface area contributed by atoms with E-state index in [-0.39, 0.29) is 23.7 Å². The van der Waals surface area contributed by atoms with Crippen molar-refractivity contribution in [1.82, 2.24) is 10.6 Å². The van der Waals surface area contributed by atoms with Gasteiger partial charge in [-0.25, -0.2) is 4.39 Å². The first-order valence-electron chi connectivity index (χ1n) is 6.78. The van der Waals surface area contributed by atoms with Crippen LogP contribution in [0, 0.1) is 5.82 Å². The van der Waals surface area contributed by atoms with Gasteiger partial charge in [0.25, 0.3) is 0 Å². The molecule has 0 bridgehead atoms. The molecule has 1 rings (SSSR count). The summed E-state index contributed by atoms with van der Waals surface area (Å²) in [5, 5.41) is 6.18. The lowest BCUT2D eigenvalue weighted by Gasteiger charge is -2.26. The SMILES string of the molecule is COCCNCC(=O)NCC(C)(C)c1ccc(F)cc1Cl. The first-order chi connectivity index (χ1) is 9.86. The zero-order chi connectivity index (χ0) is 15.9. The molecule has 1 aromatic rings. The highest BCUT2D eigenvalue weighted by molar-refractivity contribution is 6.31. The van der Waals surface area contributed by atoms with Gasteiger partial charge in [0, 0.05) is 30.6 Å². The third kappa shape index (κ3) is 5.99. The number of benzene rings is 1. The van der Waals surface area contributed by atoms with Crippen LogP contribution < -0.4 is 10.6 Å². The lowest BCUT2D eigenvalue weighted by atomic mass is 9.84. The van der Waals surface area contributed by atoms with E-state index in [0.29, 0.717) is 24.7 Å². The van der Waals surface area contributed by atoms with E-state index in [4.69, 9.17) is 16.3 Å². The summed E-state index contributed by atoms with van der Waals surface area (Å²) in [4.78, 5) is 11.7. The van der Waals surface area contributed by atoms with Gasteiger partial charge in [0.2, 0.25) is 5.91 Å². The number of rotatable bonds is 8. The van der Waals surface area contributed by atoms with E-state index in [1.165, 1.54) is 12.1 Å². The molecule has 0 spiro atoms. The fourth-order valence-electron chi connectivity index (χ4n) is 1.89. The monoisotopic (exact) mass is 316 g/mol. The fraction of sp³-hybridized carbons (Fsp3) is 0.533. The topological polar surface area (TPSA) is 50.4 Å². The van der Waals surface area contributed by atoms with Gasteiger partial charge in [0.05, 0.1) is 13.2 Å². The smallest absolute Gasteiger partial charge is 0.233 e. The minimum Gasteiger partial charge on any atom is -0.383 e. The molecule has 1 amide bonds. The average Bonchev–Trinajstić information content (AvgIpc) is 2.41. The van der Waals surface area contributed by atoms with Gasteiger partial charge in [-0.05, 0) is 17.7 Å². The maximum absolute atomic E-state index is 13.1. The van der Waals surface area contributed by atoms with E-state index in [1.807, 2.05) is 13.8 Å². The van der Waals surface area contributed by atoms with E-state index in [9.17, 15) is 9.18 Å². The molecule has 21 heavy (non-hydrogen) atoms. The number of halogens is 2. The van der Waals surface area contributed by atoms with Gasteiger partial charge in [0.15, 0.2) is 0 Å². The molecule has 0 saturated heterocycles. The largest absolute Gasteiger partial charge is 0.383 e. The van der Waals surface area contributed by atoms with Crippen LogP contribution in [0.5, 0.6) is 0 Å². The van der Waals surface area contributed by atoms with Crippen LogP contribution in [0.15, 0.2) is 18.2 Å². The van der Waals surface area contributed by atoms with Crippen molar-refractivity contribution in [1.29, 1.82) is 0 Å². The number of nitrogens with one attached hydrogen (secondary N) is 2. The quantitative estimate of drug-likeness (QED) is 0.722. The maximum Gasteiger partial charge on any atom is 0.233 e. The molecule has 0 saturated carbocycles. The lowest BCUT2D eigenvalue weighted by Crippen LogP contribution is -2.41. The molecule has 0 radical (unpaired) electrons. The molecule has 0 fully saturated rings. The summed E-state index contributed by atoms with van der Waals surface area (Å²) >= 11 is 6.07. The predicted octanol–water partition coefficient (Wildman–Crippen LogP) is 2.11. The van der Waals surface area contributed by atoms with Crippen molar-refractivity contribution in [3.8, 4) is 0 Å². The Labute approximate surface area is 130 Å². The van der Waals surface area contributed by atoms with Gasteiger partial charge in [0.1, 0.15) is 5.82 Å². The Bertz CT molecular complexity index is 481. The highest BCUT2D eigenvalue weighted by atomic mass is 35.5. The Balaban J connectivity index is 2.50. The second kappa shape index (κ2) is 8.32. The molecule has 0 heterocycles. The van der Waals surface area contributed by atoms with Crippen LogP contribution in [-0.4, -0.2) is 39.3 Å². The van der Waals surface area contributed by atoms with E-state index < -0.39 is 0 Å². The van der Waals surface area contributed by atoms with Gasteiger partial charge in [-0.15, -0.1) is 0 Å². The van der Waals surface area contributed by atoms with Crippen LogP contribution >= 0.6 is 11.6 Å². The van der Waals surface area contributed by atoms with Crippen LogP contribution in [0.1, 0.15) is 19.4 Å². The highest BCUT2D eigenvalue weighted by Gasteiger charge is 2.24. The molecule has 0 aliphatic carbocycles. The summed E-state index contributed by atoms with van der Waals surface area (Å²) < 4.78 is 18.0. The number of hydrogen-bond donors (Lipinski definition) is 2. The molecule has 118 valence electrons. The first kappa shape index (κ1) is 17.9. The second-order valence-electron chi connectivity index (χ2n) is 5.45. The zero-order valence-corrected chi connectivity index (χ0v) is 13.4. The Kier molecular flexibility index (Phi) is 7.08. The number of ether oxygens (including phenoxy) is 1. The van der Waals surface area contributed by atoms with E-state index in [1.54, 1.807) is 13.2 Å². The molecule has 0 aliphatic rings. The molecule has 0 unspecified atom stereocenters. The molecular weight excluding hydrogens is 295 g/mol. The van der Waals surface area contributed by atoms with Crippen molar-refractivity contribution in [3.63, 3.8) is 0 Å². The Morgan fingerprint density at radius 1 is 1.43 bits per heavy atom. The number of amides is 1. The summed E-state index contributed by atoms with van der Waals surface area (Å²) in [5.74, 6) is -0.469. The molecule has 0 atom stereocenters. The van der Waals surface area contributed by atoms with Crippen molar-refractivity contribution in [3.05, 3.63) is 34.6 Å².